The number of anilines is 1. The monoisotopic (exact) mass is 364 g/mol. The Morgan fingerprint density at radius 2 is 1.88 bits per heavy atom. The van der Waals surface area contributed by atoms with Crippen LogP contribution in [0.3, 0.4) is 0 Å². The lowest BCUT2D eigenvalue weighted by atomic mass is 10.1. The summed E-state index contributed by atoms with van der Waals surface area (Å²) in [6.45, 7) is 8.21. The molecular weight excluding hydrogens is 336 g/mol. The highest BCUT2D eigenvalue weighted by Crippen LogP contribution is 2.24. The predicted molar refractivity (Wildman–Crippen MR) is 103 cm³/mol. The Hall–Kier alpha value is -1.46. The highest BCUT2D eigenvalue weighted by atomic mass is 35.5. The molecule has 2 amide bonds. The first-order valence-electron chi connectivity index (χ1n) is 9.41. The number of amides is 2. The second kappa shape index (κ2) is 8.77. The molecule has 1 aromatic rings. The standard InChI is InChI=1S/C19H29ClN4O/c1-2-23-10-8-17(9-11-23)22-19(25)21-13-15-7-12-24(14-15)18-5-3-16(20)4-6-18/h3-6,15,17H,2,7-14H2,1H3,(H2,21,22,25). The summed E-state index contributed by atoms with van der Waals surface area (Å²) in [5, 5.41) is 6.96. The van der Waals surface area contributed by atoms with Crippen molar-refractivity contribution in [3.05, 3.63) is 29.3 Å². The second-order valence-electron chi connectivity index (χ2n) is 7.14. The predicted octanol–water partition coefficient (Wildman–Crippen LogP) is 2.95. The first-order chi connectivity index (χ1) is 12.1. The van der Waals surface area contributed by atoms with E-state index in [-0.39, 0.29) is 6.03 Å². The topological polar surface area (TPSA) is 47.6 Å². The molecule has 0 radical (unpaired) electrons. The number of piperidine rings is 1. The van der Waals surface area contributed by atoms with Crippen molar-refractivity contribution in [2.45, 2.75) is 32.2 Å². The van der Waals surface area contributed by atoms with Crippen LogP contribution in [0.25, 0.3) is 0 Å². The van der Waals surface area contributed by atoms with Crippen LogP contribution in [0.15, 0.2) is 24.3 Å². The Balaban J connectivity index is 1.36. The van der Waals surface area contributed by atoms with Gasteiger partial charge in [0.25, 0.3) is 0 Å². The van der Waals surface area contributed by atoms with Gasteiger partial charge in [0.2, 0.25) is 0 Å². The van der Waals surface area contributed by atoms with Gasteiger partial charge in [-0.25, -0.2) is 4.79 Å². The van der Waals surface area contributed by atoms with E-state index in [1.165, 1.54) is 5.69 Å². The van der Waals surface area contributed by atoms with Crippen molar-refractivity contribution in [2.24, 2.45) is 5.92 Å². The maximum atomic E-state index is 12.1. The average molecular weight is 365 g/mol. The maximum absolute atomic E-state index is 12.1. The van der Waals surface area contributed by atoms with Crippen molar-refractivity contribution in [3.8, 4) is 0 Å². The van der Waals surface area contributed by atoms with Crippen LogP contribution in [-0.2, 0) is 0 Å². The third kappa shape index (κ3) is 5.25. The fraction of sp³-hybridized carbons (Fsp3) is 0.632. The van der Waals surface area contributed by atoms with Gasteiger partial charge < -0.3 is 20.4 Å². The van der Waals surface area contributed by atoms with Crippen LogP contribution < -0.4 is 15.5 Å². The molecular formula is C19H29ClN4O. The number of urea groups is 1. The molecule has 0 aromatic heterocycles. The van der Waals surface area contributed by atoms with Gasteiger partial charge in [-0.2, -0.15) is 0 Å². The average Bonchev–Trinajstić information content (AvgIpc) is 3.10. The van der Waals surface area contributed by atoms with Gasteiger partial charge in [0, 0.05) is 49.5 Å². The number of carbonyl (C=O) groups excluding carboxylic acids is 1. The number of halogens is 1. The molecule has 2 N–H and O–H groups in total. The molecule has 1 atom stereocenters. The largest absolute Gasteiger partial charge is 0.371 e. The highest BCUT2D eigenvalue weighted by Gasteiger charge is 2.24. The number of likely N-dealkylation sites (tertiary alicyclic amines) is 1. The van der Waals surface area contributed by atoms with E-state index >= 15 is 0 Å². The van der Waals surface area contributed by atoms with Gasteiger partial charge in [-0.15, -0.1) is 0 Å². The summed E-state index contributed by atoms with van der Waals surface area (Å²) >= 11 is 5.95. The minimum Gasteiger partial charge on any atom is -0.371 e. The number of hydrogen-bond donors (Lipinski definition) is 2. The van der Waals surface area contributed by atoms with E-state index in [4.69, 9.17) is 11.6 Å². The molecule has 5 nitrogen and oxygen atoms in total. The molecule has 1 unspecified atom stereocenters. The van der Waals surface area contributed by atoms with Crippen molar-refractivity contribution < 1.29 is 4.79 Å². The molecule has 0 saturated carbocycles. The number of carbonyl (C=O) groups is 1. The Bertz CT molecular complexity index is 557. The number of rotatable bonds is 5. The minimum absolute atomic E-state index is 0.0140. The first kappa shape index (κ1) is 18.3. The zero-order valence-electron chi connectivity index (χ0n) is 15.0. The van der Waals surface area contributed by atoms with E-state index in [0.717, 1.165) is 63.6 Å². The Morgan fingerprint density at radius 1 is 1.16 bits per heavy atom. The summed E-state index contributed by atoms with van der Waals surface area (Å²) in [6, 6.07) is 8.29. The molecule has 1 aromatic carbocycles. The molecule has 0 aliphatic carbocycles. The molecule has 2 aliphatic rings. The summed E-state index contributed by atoms with van der Waals surface area (Å²) in [6.07, 6.45) is 3.21. The van der Waals surface area contributed by atoms with Gasteiger partial charge in [-0.1, -0.05) is 18.5 Å². The van der Waals surface area contributed by atoms with E-state index in [0.29, 0.717) is 12.0 Å². The lowest BCUT2D eigenvalue weighted by Crippen LogP contribution is -2.48. The number of nitrogens with one attached hydrogen (secondary N) is 2. The van der Waals surface area contributed by atoms with Gasteiger partial charge in [-0.05, 0) is 56.0 Å². The first-order valence-corrected chi connectivity index (χ1v) is 9.79. The van der Waals surface area contributed by atoms with Crippen LogP contribution in [0.1, 0.15) is 26.2 Å². The van der Waals surface area contributed by atoms with Gasteiger partial charge in [-0.3, -0.25) is 0 Å². The molecule has 6 heteroatoms. The van der Waals surface area contributed by atoms with Gasteiger partial charge in [0.1, 0.15) is 0 Å². The molecule has 138 valence electrons. The van der Waals surface area contributed by atoms with Crippen molar-refractivity contribution in [1.82, 2.24) is 15.5 Å². The number of hydrogen-bond acceptors (Lipinski definition) is 3. The third-order valence-electron chi connectivity index (χ3n) is 5.40. The van der Waals surface area contributed by atoms with Crippen LogP contribution in [0.2, 0.25) is 5.02 Å². The summed E-state index contributed by atoms with van der Waals surface area (Å²) in [4.78, 5) is 16.9. The molecule has 3 rings (SSSR count). The van der Waals surface area contributed by atoms with Crippen LogP contribution in [0.5, 0.6) is 0 Å². The van der Waals surface area contributed by atoms with Gasteiger partial charge >= 0.3 is 6.03 Å². The molecule has 25 heavy (non-hydrogen) atoms. The van der Waals surface area contributed by atoms with E-state index in [9.17, 15) is 4.79 Å². The minimum atomic E-state index is -0.0140. The van der Waals surface area contributed by atoms with Gasteiger partial charge in [0.15, 0.2) is 0 Å². The quantitative estimate of drug-likeness (QED) is 0.844. The summed E-state index contributed by atoms with van der Waals surface area (Å²) in [5.74, 6) is 0.503. The Morgan fingerprint density at radius 3 is 2.56 bits per heavy atom. The maximum Gasteiger partial charge on any atom is 0.315 e. The molecule has 2 heterocycles. The molecule has 0 spiro atoms. The van der Waals surface area contributed by atoms with Crippen LogP contribution in [0, 0.1) is 5.92 Å². The summed E-state index contributed by atoms with van der Waals surface area (Å²) in [5.41, 5.74) is 1.21. The molecule has 2 aliphatic heterocycles. The lowest BCUT2D eigenvalue weighted by Gasteiger charge is -2.31. The third-order valence-corrected chi connectivity index (χ3v) is 5.65. The van der Waals surface area contributed by atoms with Crippen LogP contribution in [-0.4, -0.2) is 56.2 Å². The molecule has 2 fully saturated rings. The van der Waals surface area contributed by atoms with Crippen molar-refractivity contribution in [3.63, 3.8) is 0 Å². The lowest BCUT2D eigenvalue weighted by molar-refractivity contribution is 0.198. The summed E-state index contributed by atoms with van der Waals surface area (Å²) in [7, 11) is 0. The molecule has 0 bridgehead atoms. The zero-order chi connectivity index (χ0) is 17.6. The second-order valence-corrected chi connectivity index (χ2v) is 7.58. The van der Waals surface area contributed by atoms with Crippen LogP contribution in [0.4, 0.5) is 10.5 Å². The molecule has 2 saturated heterocycles. The summed E-state index contributed by atoms with van der Waals surface area (Å²) < 4.78 is 0. The number of benzene rings is 1. The SMILES string of the molecule is CCN1CCC(NC(=O)NCC2CCN(c3ccc(Cl)cc3)C2)CC1. The van der Waals surface area contributed by atoms with Crippen LogP contribution >= 0.6 is 11.6 Å². The van der Waals surface area contributed by atoms with Gasteiger partial charge in [0.05, 0.1) is 0 Å². The van der Waals surface area contributed by atoms with E-state index in [1.54, 1.807) is 0 Å². The van der Waals surface area contributed by atoms with E-state index < -0.39 is 0 Å². The highest BCUT2D eigenvalue weighted by molar-refractivity contribution is 6.30. The Kier molecular flexibility index (Phi) is 6.43. The number of nitrogens with zero attached hydrogens (tertiary/aromatic N) is 2. The van der Waals surface area contributed by atoms with Crippen molar-refractivity contribution in [2.75, 3.05) is 44.2 Å². The van der Waals surface area contributed by atoms with Crippen molar-refractivity contribution >= 4 is 23.3 Å². The fourth-order valence-corrected chi connectivity index (χ4v) is 3.88. The Labute approximate surface area is 155 Å². The zero-order valence-corrected chi connectivity index (χ0v) is 15.8. The van der Waals surface area contributed by atoms with E-state index in [1.807, 2.05) is 12.1 Å². The smallest absolute Gasteiger partial charge is 0.315 e. The van der Waals surface area contributed by atoms with Crippen molar-refractivity contribution in [1.29, 1.82) is 0 Å². The fourth-order valence-electron chi connectivity index (χ4n) is 3.75. The van der Waals surface area contributed by atoms with E-state index in [2.05, 4.69) is 39.5 Å². The normalized spacial score (nSPS) is 22.2.